The van der Waals surface area contributed by atoms with Crippen LogP contribution in [0.3, 0.4) is 0 Å². The summed E-state index contributed by atoms with van der Waals surface area (Å²) in [5.74, 6) is -1.16. The number of carboxylic acids is 1. The number of rotatable bonds is 4. The Kier molecular flexibility index (Phi) is 4.45. The van der Waals surface area contributed by atoms with Crippen LogP contribution in [-0.4, -0.2) is 23.7 Å². The number of carbonyl (C=O) groups excluding carboxylic acids is 1. The van der Waals surface area contributed by atoms with Crippen LogP contribution in [0.4, 0.5) is 0 Å². The summed E-state index contributed by atoms with van der Waals surface area (Å²) in [6, 6.07) is 0. The second-order valence-corrected chi connectivity index (χ2v) is 3.88. The van der Waals surface area contributed by atoms with Crippen molar-refractivity contribution >= 4 is 11.9 Å². The molecular weight excluding hydrogens is 172 g/mol. The zero-order valence-corrected chi connectivity index (χ0v) is 8.29. The summed E-state index contributed by atoms with van der Waals surface area (Å²) in [5, 5.41) is 8.30. The maximum atomic E-state index is 11.1. The zero-order chi connectivity index (χ0) is 10.5. The minimum absolute atomic E-state index is 0.0391. The number of ether oxygens (including phenoxy) is 1. The second-order valence-electron chi connectivity index (χ2n) is 3.88. The summed E-state index contributed by atoms with van der Waals surface area (Å²) >= 11 is 0. The molecule has 0 heterocycles. The van der Waals surface area contributed by atoms with Gasteiger partial charge in [-0.2, -0.15) is 0 Å². The van der Waals surface area contributed by atoms with Crippen molar-refractivity contribution in [1.29, 1.82) is 0 Å². The summed E-state index contributed by atoms with van der Waals surface area (Å²) in [6.45, 7) is 5.45. The van der Waals surface area contributed by atoms with Gasteiger partial charge in [-0.15, -0.1) is 0 Å². The Morgan fingerprint density at radius 2 is 1.85 bits per heavy atom. The van der Waals surface area contributed by atoms with Gasteiger partial charge in [-0.1, -0.05) is 0 Å². The highest BCUT2D eigenvalue weighted by atomic mass is 16.5. The SMILES string of the molecule is CC(C)(C)C(=O)OCCCC(=O)O. The number of esters is 1. The summed E-state index contributed by atoms with van der Waals surface area (Å²) < 4.78 is 4.85. The van der Waals surface area contributed by atoms with Gasteiger partial charge in [0.15, 0.2) is 0 Å². The van der Waals surface area contributed by atoms with Crippen LogP contribution >= 0.6 is 0 Å². The van der Waals surface area contributed by atoms with Crippen molar-refractivity contribution in [1.82, 2.24) is 0 Å². The molecule has 4 heteroatoms. The van der Waals surface area contributed by atoms with E-state index in [0.717, 1.165) is 0 Å². The van der Waals surface area contributed by atoms with Gasteiger partial charge in [0.05, 0.1) is 12.0 Å². The minimum atomic E-state index is -0.869. The molecule has 0 aromatic rings. The van der Waals surface area contributed by atoms with Crippen LogP contribution in [0, 0.1) is 5.41 Å². The molecule has 0 fully saturated rings. The summed E-state index contributed by atoms with van der Waals surface area (Å²) in [6.07, 6.45) is 0.411. The zero-order valence-electron chi connectivity index (χ0n) is 8.29. The number of hydrogen-bond donors (Lipinski definition) is 1. The normalized spacial score (nSPS) is 11.0. The lowest BCUT2D eigenvalue weighted by atomic mass is 9.97. The molecule has 0 spiro atoms. The molecule has 76 valence electrons. The van der Waals surface area contributed by atoms with Crippen LogP contribution in [0.15, 0.2) is 0 Å². The molecule has 0 radical (unpaired) electrons. The van der Waals surface area contributed by atoms with Gasteiger partial charge in [0.2, 0.25) is 0 Å². The van der Waals surface area contributed by atoms with Gasteiger partial charge < -0.3 is 9.84 Å². The quantitative estimate of drug-likeness (QED) is 0.535. The van der Waals surface area contributed by atoms with Gasteiger partial charge in [-0.25, -0.2) is 0 Å². The molecule has 0 atom stereocenters. The van der Waals surface area contributed by atoms with Crippen LogP contribution in [-0.2, 0) is 14.3 Å². The van der Waals surface area contributed by atoms with Crippen LogP contribution in [0.1, 0.15) is 33.6 Å². The van der Waals surface area contributed by atoms with Gasteiger partial charge in [0, 0.05) is 6.42 Å². The van der Waals surface area contributed by atoms with E-state index in [4.69, 9.17) is 9.84 Å². The van der Waals surface area contributed by atoms with Crippen molar-refractivity contribution < 1.29 is 19.4 Å². The monoisotopic (exact) mass is 188 g/mol. The molecule has 0 aliphatic heterocycles. The molecule has 0 saturated heterocycles. The Morgan fingerprint density at radius 3 is 2.23 bits per heavy atom. The highest BCUT2D eigenvalue weighted by Crippen LogP contribution is 2.15. The predicted octanol–water partition coefficient (Wildman–Crippen LogP) is 1.44. The number of aliphatic carboxylic acids is 1. The largest absolute Gasteiger partial charge is 0.481 e. The highest BCUT2D eigenvalue weighted by molar-refractivity contribution is 5.75. The average molecular weight is 188 g/mol. The molecule has 0 rings (SSSR count). The summed E-state index contributed by atoms with van der Waals surface area (Å²) in [7, 11) is 0. The van der Waals surface area contributed by atoms with E-state index in [1.165, 1.54) is 0 Å². The highest BCUT2D eigenvalue weighted by Gasteiger charge is 2.22. The van der Waals surface area contributed by atoms with Crippen molar-refractivity contribution in [2.75, 3.05) is 6.61 Å². The fourth-order valence-electron chi connectivity index (χ4n) is 0.605. The lowest BCUT2D eigenvalue weighted by Gasteiger charge is -2.16. The molecule has 0 bridgehead atoms. The van der Waals surface area contributed by atoms with Crippen molar-refractivity contribution in [2.45, 2.75) is 33.6 Å². The molecule has 0 amide bonds. The van der Waals surface area contributed by atoms with E-state index < -0.39 is 11.4 Å². The molecule has 0 aliphatic carbocycles. The van der Waals surface area contributed by atoms with Gasteiger partial charge >= 0.3 is 11.9 Å². The predicted molar refractivity (Wildman–Crippen MR) is 47.3 cm³/mol. The third-order valence-electron chi connectivity index (χ3n) is 1.38. The van der Waals surface area contributed by atoms with Gasteiger partial charge in [-0.05, 0) is 27.2 Å². The molecule has 1 N–H and O–H groups in total. The molecule has 0 saturated carbocycles. The van der Waals surface area contributed by atoms with Crippen LogP contribution in [0.25, 0.3) is 0 Å². The first kappa shape index (κ1) is 11.9. The first-order chi connectivity index (χ1) is 5.84. The second kappa shape index (κ2) is 4.84. The van der Waals surface area contributed by atoms with Crippen LogP contribution in [0.5, 0.6) is 0 Å². The lowest BCUT2D eigenvalue weighted by Crippen LogP contribution is -2.23. The summed E-state index contributed by atoms with van der Waals surface area (Å²) in [5.41, 5.74) is -0.511. The molecule has 0 aliphatic rings. The minimum Gasteiger partial charge on any atom is -0.481 e. The summed E-state index contributed by atoms with van der Waals surface area (Å²) in [4.78, 5) is 21.2. The molecule has 4 nitrogen and oxygen atoms in total. The maximum Gasteiger partial charge on any atom is 0.311 e. The third kappa shape index (κ3) is 6.13. The van der Waals surface area contributed by atoms with E-state index in [9.17, 15) is 9.59 Å². The van der Waals surface area contributed by atoms with E-state index >= 15 is 0 Å². The van der Waals surface area contributed by atoms with E-state index in [-0.39, 0.29) is 19.0 Å². The van der Waals surface area contributed by atoms with Crippen LogP contribution < -0.4 is 0 Å². The van der Waals surface area contributed by atoms with Crippen LogP contribution in [0.2, 0.25) is 0 Å². The Hall–Kier alpha value is -1.06. The van der Waals surface area contributed by atoms with E-state index in [2.05, 4.69) is 0 Å². The smallest absolute Gasteiger partial charge is 0.311 e. The number of carbonyl (C=O) groups is 2. The average Bonchev–Trinajstić information content (AvgIpc) is 1.95. The molecule has 0 aromatic carbocycles. The number of hydrogen-bond acceptors (Lipinski definition) is 3. The Labute approximate surface area is 77.9 Å². The Bertz CT molecular complexity index is 190. The fourth-order valence-corrected chi connectivity index (χ4v) is 0.605. The van der Waals surface area contributed by atoms with Crippen molar-refractivity contribution in [3.8, 4) is 0 Å². The maximum absolute atomic E-state index is 11.1. The van der Waals surface area contributed by atoms with Gasteiger partial charge in [0.1, 0.15) is 0 Å². The van der Waals surface area contributed by atoms with Crippen molar-refractivity contribution in [3.05, 3.63) is 0 Å². The molecular formula is C9H16O4. The first-order valence-electron chi connectivity index (χ1n) is 4.23. The Morgan fingerprint density at radius 1 is 1.31 bits per heavy atom. The topological polar surface area (TPSA) is 63.6 Å². The first-order valence-corrected chi connectivity index (χ1v) is 4.23. The van der Waals surface area contributed by atoms with E-state index in [0.29, 0.717) is 6.42 Å². The molecule has 13 heavy (non-hydrogen) atoms. The lowest BCUT2D eigenvalue weighted by molar-refractivity contribution is -0.153. The Balaban J connectivity index is 3.55. The molecule has 0 aromatic heterocycles. The van der Waals surface area contributed by atoms with Gasteiger partial charge in [0.25, 0.3) is 0 Å². The van der Waals surface area contributed by atoms with Crippen molar-refractivity contribution in [2.24, 2.45) is 5.41 Å². The van der Waals surface area contributed by atoms with Crippen molar-refractivity contribution in [3.63, 3.8) is 0 Å². The van der Waals surface area contributed by atoms with Gasteiger partial charge in [-0.3, -0.25) is 9.59 Å². The van der Waals surface area contributed by atoms with E-state index in [1.54, 1.807) is 20.8 Å². The van der Waals surface area contributed by atoms with E-state index in [1.807, 2.05) is 0 Å². The number of carboxylic acid groups (broad SMARTS) is 1. The molecule has 0 unspecified atom stereocenters. The fraction of sp³-hybridized carbons (Fsp3) is 0.778. The third-order valence-corrected chi connectivity index (χ3v) is 1.38. The standard InChI is InChI=1S/C9H16O4/c1-9(2,3)8(12)13-6-4-5-7(10)11/h4-6H2,1-3H3,(H,10,11).